The van der Waals surface area contributed by atoms with Gasteiger partial charge in [-0.2, -0.15) is 9.40 Å². The Balaban J connectivity index is 1.79. The van der Waals surface area contributed by atoms with E-state index in [1.165, 1.54) is 10.5 Å². The van der Waals surface area contributed by atoms with Crippen molar-refractivity contribution in [3.8, 4) is 0 Å². The van der Waals surface area contributed by atoms with Crippen LogP contribution in [-0.4, -0.2) is 49.1 Å². The fourth-order valence-electron chi connectivity index (χ4n) is 2.56. The predicted octanol–water partition coefficient (Wildman–Crippen LogP) is 1.70. The fraction of sp³-hybridized carbons (Fsp3) is 0.286. The van der Waals surface area contributed by atoms with Gasteiger partial charge in [0.05, 0.1) is 16.8 Å². The molecule has 0 bridgehead atoms. The summed E-state index contributed by atoms with van der Waals surface area (Å²) in [6.07, 6.45) is 1.47. The van der Waals surface area contributed by atoms with E-state index in [0.29, 0.717) is 36.3 Å². The molecule has 2 aromatic rings. The third kappa shape index (κ3) is 3.21. The maximum Gasteiger partial charge on any atom is 0.285 e. The minimum absolute atomic E-state index is 0.0621. The second-order valence-corrected chi connectivity index (χ2v) is 8.36. The molecule has 1 aliphatic heterocycles. The largest absolute Gasteiger partial charge is 0.366 e. The van der Waals surface area contributed by atoms with Crippen LogP contribution >= 0.6 is 27.5 Å². The van der Waals surface area contributed by atoms with Gasteiger partial charge in [-0.05, 0) is 28.1 Å². The summed E-state index contributed by atoms with van der Waals surface area (Å²) < 4.78 is 27.5. The lowest BCUT2D eigenvalue weighted by Crippen LogP contribution is -2.49. The highest BCUT2D eigenvalue weighted by atomic mass is 79.9. The first-order valence-corrected chi connectivity index (χ1v) is 9.75. The van der Waals surface area contributed by atoms with Gasteiger partial charge in [0.2, 0.25) is 10.0 Å². The zero-order chi connectivity index (χ0) is 17.3. The number of halogens is 2. The topological polar surface area (TPSA) is 86.4 Å². The maximum absolute atomic E-state index is 12.8. The van der Waals surface area contributed by atoms with E-state index in [9.17, 15) is 13.2 Å². The highest BCUT2D eigenvalue weighted by molar-refractivity contribution is 9.10. The van der Waals surface area contributed by atoms with E-state index in [-0.39, 0.29) is 9.92 Å². The van der Waals surface area contributed by atoms with Gasteiger partial charge in [0.15, 0.2) is 0 Å². The van der Waals surface area contributed by atoms with E-state index < -0.39 is 15.6 Å². The Morgan fingerprint density at radius 3 is 2.50 bits per heavy atom. The van der Waals surface area contributed by atoms with Gasteiger partial charge in [-0.25, -0.2) is 13.5 Å². The van der Waals surface area contributed by atoms with Crippen LogP contribution in [0.3, 0.4) is 0 Å². The van der Waals surface area contributed by atoms with Gasteiger partial charge in [0.1, 0.15) is 5.02 Å². The summed E-state index contributed by atoms with van der Waals surface area (Å²) in [5.74, 6) is 0. The number of benzene rings is 1. The van der Waals surface area contributed by atoms with Gasteiger partial charge in [0, 0.05) is 30.7 Å². The molecule has 1 fully saturated rings. The number of aromatic nitrogens is 2. The second kappa shape index (κ2) is 6.83. The van der Waals surface area contributed by atoms with Crippen molar-refractivity contribution in [3.63, 3.8) is 0 Å². The van der Waals surface area contributed by atoms with Gasteiger partial charge in [-0.1, -0.05) is 23.7 Å². The molecule has 0 atom stereocenters. The average Bonchev–Trinajstić information content (AvgIpc) is 2.58. The molecule has 1 aromatic heterocycles. The van der Waals surface area contributed by atoms with Crippen LogP contribution < -0.4 is 10.5 Å². The van der Waals surface area contributed by atoms with E-state index in [4.69, 9.17) is 11.6 Å². The standard InChI is InChI=1S/C14H14BrClN4O3S/c15-10-3-1-2-4-12(10)24(22,23)20-7-5-19(6-8-20)11-9-17-18-14(21)13(11)16/h1-4,9H,5-8H2,(H,18,21). The molecule has 1 aromatic carbocycles. The Morgan fingerprint density at radius 2 is 1.83 bits per heavy atom. The summed E-state index contributed by atoms with van der Waals surface area (Å²) in [4.78, 5) is 13.6. The Morgan fingerprint density at radius 1 is 1.17 bits per heavy atom. The highest BCUT2D eigenvalue weighted by Gasteiger charge is 2.30. The summed E-state index contributed by atoms with van der Waals surface area (Å²) in [5.41, 5.74) is 0.0517. The summed E-state index contributed by atoms with van der Waals surface area (Å²) >= 11 is 9.29. The number of hydrogen-bond donors (Lipinski definition) is 1. The van der Waals surface area contributed by atoms with Crippen molar-refractivity contribution in [2.24, 2.45) is 0 Å². The van der Waals surface area contributed by atoms with Gasteiger partial charge >= 0.3 is 0 Å². The zero-order valence-electron chi connectivity index (χ0n) is 12.4. The van der Waals surface area contributed by atoms with Crippen LogP contribution in [0.5, 0.6) is 0 Å². The predicted molar refractivity (Wildman–Crippen MR) is 95.0 cm³/mol. The summed E-state index contributed by atoms with van der Waals surface area (Å²) in [6.45, 7) is 1.45. The van der Waals surface area contributed by atoms with E-state index in [2.05, 4.69) is 26.1 Å². The third-order valence-electron chi connectivity index (χ3n) is 3.81. The normalized spacial score (nSPS) is 16.3. The minimum atomic E-state index is -3.57. The number of hydrogen-bond acceptors (Lipinski definition) is 5. The number of anilines is 1. The lowest BCUT2D eigenvalue weighted by molar-refractivity contribution is 0.384. The van der Waals surface area contributed by atoms with E-state index in [1.54, 1.807) is 24.3 Å². The number of rotatable bonds is 3. The average molecular weight is 434 g/mol. The number of nitrogens with one attached hydrogen (secondary N) is 1. The van der Waals surface area contributed by atoms with Crippen molar-refractivity contribution in [1.29, 1.82) is 0 Å². The molecule has 2 heterocycles. The Kier molecular flexibility index (Phi) is 4.95. The molecule has 0 spiro atoms. The molecule has 128 valence electrons. The molecule has 0 radical (unpaired) electrons. The molecule has 1 saturated heterocycles. The molecule has 0 aliphatic carbocycles. The number of H-pyrrole nitrogens is 1. The van der Waals surface area contributed by atoms with Crippen LogP contribution in [0, 0.1) is 0 Å². The van der Waals surface area contributed by atoms with Crippen LogP contribution in [0.25, 0.3) is 0 Å². The van der Waals surface area contributed by atoms with Crippen molar-refractivity contribution in [2.75, 3.05) is 31.1 Å². The zero-order valence-corrected chi connectivity index (χ0v) is 15.6. The molecule has 7 nitrogen and oxygen atoms in total. The van der Waals surface area contributed by atoms with Crippen LogP contribution in [0.15, 0.2) is 44.6 Å². The van der Waals surface area contributed by atoms with Gasteiger partial charge in [-0.3, -0.25) is 4.79 Å². The summed E-state index contributed by atoms with van der Waals surface area (Å²) in [5, 5.41) is 6.07. The van der Waals surface area contributed by atoms with Crippen LogP contribution in [0.1, 0.15) is 0 Å². The molecule has 3 rings (SSSR count). The monoisotopic (exact) mass is 432 g/mol. The molecule has 0 amide bonds. The van der Waals surface area contributed by atoms with E-state index >= 15 is 0 Å². The second-order valence-electron chi connectivity index (χ2n) is 5.22. The molecule has 24 heavy (non-hydrogen) atoms. The molecule has 0 saturated carbocycles. The van der Waals surface area contributed by atoms with E-state index in [1.807, 2.05) is 4.90 Å². The molecule has 0 unspecified atom stereocenters. The first-order valence-electron chi connectivity index (χ1n) is 7.14. The number of piperazine rings is 1. The van der Waals surface area contributed by atoms with Crippen LogP contribution in [-0.2, 0) is 10.0 Å². The first-order chi connectivity index (χ1) is 11.4. The number of sulfonamides is 1. The molecule has 1 N–H and O–H groups in total. The van der Waals surface area contributed by atoms with Crippen LogP contribution in [0.2, 0.25) is 5.02 Å². The summed E-state index contributed by atoms with van der Waals surface area (Å²) in [7, 11) is -3.57. The molecular formula is C14H14BrClN4O3S. The lowest BCUT2D eigenvalue weighted by Gasteiger charge is -2.35. The van der Waals surface area contributed by atoms with Gasteiger partial charge in [-0.15, -0.1) is 0 Å². The van der Waals surface area contributed by atoms with Crippen molar-refractivity contribution in [2.45, 2.75) is 4.90 Å². The van der Waals surface area contributed by atoms with Gasteiger partial charge < -0.3 is 4.90 Å². The SMILES string of the molecule is O=c1[nH]ncc(N2CCN(S(=O)(=O)c3ccccc3Br)CC2)c1Cl. The highest BCUT2D eigenvalue weighted by Crippen LogP contribution is 2.27. The van der Waals surface area contributed by atoms with Crippen molar-refractivity contribution in [3.05, 3.63) is 50.3 Å². The molecule has 1 aliphatic rings. The maximum atomic E-state index is 12.8. The Hall–Kier alpha value is -1.42. The quantitative estimate of drug-likeness (QED) is 0.796. The fourth-order valence-corrected chi connectivity index (χ4v) is 5.15. The minimum Gasteiger partial charge on any atom is -0.366 e. The van der Waals surface area contributed by atoms with E-state index in [0.717, 1.165) is 0 Å². The first kappa shape index (κ1) is 17.4. The Labute approximate surface area is 152 Å². The lowest BCUT2D eigenvalue weighted by atomic mass is 10.3. The van der Waals surface area contributed by atoms with Gasteiger partial charge in [0.25, 0.3) is 5.56 Å². The van der Waals surface area contributed by atoms with Crippen LogP contribution in [0.4, 0.5) is 5.69 Å². The summed E-state index contributed by atoms with van der Waals surface area (Å²) in [6, 6.07) is 6.73. The Bertz CT molecular complexity index is 910. The molecule has 10 heteroatoms. The number of nitrogens with zero attached hydrogens (tertiary/aromatic N) is 3. The molecular weight excluding hydrogens is 420 g/mol. The number of aromatic amines is 1. The van der Waals surface area contributed by atoms with Crippen molar-refractivity contribution >= 4 is 43.2 Å². The van der Waals surface area contributed by atoms with Crippen molar-refractivity contribution in [1.82, 2.24) is 14.5 Å². The smallest absolute Gasteiger partial charge is 0.285 e. The third-order valence-corrected chi connectivity index (χ3v) is 7.09. The van der Waals surface area contributed by atoms with Crippen molar-refractivity contribution < 1.29 is 8.42 Å².